The van der Waals surface area contributed by atoms with Gasteiger partial charge in [-0.15, -0.1) is 0 Å². The largest absolute Gasteiger partial charge is 0.479 e. The van der Waals surface area contributed by atoms with E-state index < -0.39 is 17.3 Å². The molecule has 3 atom stereocenters. The van der Waals surface area contributed by atoms with E-state index in [0.717, 1.165) is 16.8 Å². The summed E-state index contributed by atoms with van der Waals surface area (Å²) in [6.45, 7) is 6.68. The van der Waals surface area contributed by atoms with Gasteiger partial charge in [0.2, 0.25) is 0 Å². The van der Waals surface area contributed by atoms with Gasteiger partial charge in [-0.3, -0.25) is 10.1 Å². The third-order valence-corrected chi connectivity index (χ3v) is 9.23. The maximum Gasteiger partial charge on any atom is 0.329 e. The molecule has 1 saturated carbocycles. The number of fused-ring (bicyclic) bond motifs is 1. The zero-order valence-corrected chi connectivity index (χ0v) is 23.1. The van der Waals surface area contributed by atoms with E-state index >= 15 is 0 Å². The highest BCUT2D eigenvalue weighted by molar-refractivity contribution is 8.04. The van der Waals surface area contributed by atoms with E-state index in [-0.39, 0.29) is 34.4 Å². The van der Waals surface area contributed by atoms with Crippen LogP contribution in [-0.4, -0.2) is 57.0 Å². The Bertz CT molecular complexity index is 1250. The highest BCUT2D eigenvalue weighted by Crippen LogP contribution is 2.53. The van der Waals surface area contributed by atoms with Crippen molar-refractivity contribution in [2.45, 2.75) is 56.7 Å². The van der Waals surface area contributed by atoms with Crippen LogP contribution < -0.4 is 10.6 Å². The molecule has 0 radical (unpaired) electrons. The summed E-state index contributed by atoms with van der Waals surface area (Å²) in [5, 5.41) is 17.3. The minimum Gasteiger partial charge on any atom is -0.479 e. The lowest BCUT2D eigenvalue weighted by molar-refractivity contribution is -0.150. The fourth-order valence-electron chi connectivity index (χ4n) is 5.55. The van der Waals surface area contributed by atoms with Crippen molar-refractivity contribution in [3.8, 4) is 0 Å². The minimum absolute atomic E-state index is 0.0388. The van der Waals surface area contributed by atoms with E-state index in [2.05, 4.69) is 15.5 Å². The third kappa shape index (κ3) is 4.43. The molecule has 1 aliphatic carbocycles. The number of aliphatic carboxylic acids is 1. The van der Waals surface area contributed by atoms with E-state index in [0.29, 0.717) is 36.0 Å². The number of carboxylic acids is 1. The van der Waals surface area contributed by atoms with Crippen molar-refractivity contribution in [1.29, 1.82) is 0 Å². The number of rotatable bonds is 7. The number of halogens is 3. The molecule has 5 rings (SSSR count). The van der Waals surface area contributed by atoms with Gasteiger partial charge in [-0.1, -0.05) is 61.0 Å². The molecule has 3 heterocycles. The van der Waals surface area contributed by atoms with Crippen LogP contribution in [0.15, 0.2) is 51.7 Å². The molecule has 0 aromatic heterocycles. The first-order valence-electron chi connectivity index (χ1n) is 12.3. The first-order valence-corrected chi connectivity index (χ1v) is 14.0. The van der Waals surface area contributed by atoms with Gasteiger partial charge in [-0.2, -0.15) is 0 Å². The van der Waals surface area contributed by atoms with Crippen molar-refractivity contribution in [2.75, 3.05) is 13.1 Å². The molecule has 3 N–H and O–H groups in total. The molecule has 1 saturated heterocycles. The van der Waals surface area contributed by atoms with E-state index in [1.54, 1.807) is 12.1 Å². The van der Waals surface area contributed by atoms with Gasteiger partial charge in [-0.05, 0) is 55.0 Å². The summed E-state index contributed by atoms with van der Waals surface area (Å²) < 4.78 is 14.7. The van der Waals surface area contributed by atoms with Crippen LogP contribution in [0.25, 0.3) is 0 Å². The first kappa shape index (κ1) is 26.4. The fraction of sp³-hybridized carbons (Fsp3) is 0.462. The second-order valence-corrected chi connectivity index (χ2v) is 11.9. The van der Waals surface area contributed by atoms with Crippen molar-refractivity contribution >= 4 is 46.8 Å². The van der Waals surface area contributed by atoms with E-state index in [4.69, 9.17) is 23.2 Å². The fourth-order valence-corrected chi connectivity index (χ4v) is 7.26. The lowest BCUT2D eigenvalue weighted by atomic mass is 9.91. The van der Waals surface area contributed by atoms with Gasteiger partial charge in [-0.25, -0.2) is 9.18 Å². The Kier molecular flexibility index (Phi) is 7.02. The number of dihydropyridines is 1. The van der Waals surface area contributed by atoms with Crippen LogP contribution in [0.5, 0.6) is 0 Å². The van der Waals surface area contributed by atoms with Gasteiger partial charge in [0.05, 0.1) is 22.0 Å². The summed E-state index contributed by atoms with van der Waals surface area (Å²) >= 11 is 13.5. The number of nitrogens with one attached hydrogen (secondary N) is 2. The minimum atomic E-state index is -1.13. The average molecular weight is 568 g/mol. The normalized spacial score (nSPS) is 26.0. The van der Waals surface area contributed by atoms with Crippen LogP contribution in [0.4, 0.5) is 4.39 Å². The number of hydrogen-bond acceptors (Lipinski definition) is 6. The van der Waals surface area contributed by atoms with Crippen LogP contribution in [0, 0.1) is 11.7 Å². The number of allylic oxidation sites excluding steroid dienone is 3. The quantitative estimate of drug-likeness (QED) is 0.410. The number of benzene rings is 1. The topological polar surface area (TPSA) is 84.9 Å². The lowest BCUT2D eigenvalue weighted by Gasteiger charge is -2.34. The molecule has 37 heavy (non-hydrogen) atoms. The predicted molar refractivity (Wildman–Crippen MR) is 143 cm³/mol. The zero-order chi connectivity index (χ0) is 26.6. The molecule has 198 valence electrons. The summed E-state index contributed by atoms with van der Waals surface area (Å²) in [4.78, 5) is 30.1. The summed E-state index contributed by atoms with van der Waals surface area (Å²) in [6.07, 6.45) is 4.67. The predicted octanol–water partition coefficient (Wildman–Crippen LogP) is 4.77. The van der Waals surface area contributed by atoms with Crippen molar-refractivity contribution in [2.24, 2.45) is 5.92 Å². The smallest absolute Gasteiger partial charge is 0.329 e. The Morgan fingerprint density at radius 2 is 2.03 bits per heavy atom. The molecule has 4 aliphatic rings. The molecular formula is C26H29Cl2FN4O3S. The number of amides is 1. The van der Waals surface area contributed by atoms with Crippen molar-refractivity contribution in [1.82, 2.24) is 20.4 Å². The van der Waals surface area contributed by atoms with E-state index in [9.17, 15) is 19.1 Å². The summed E-state index contributed by atoms with van der Waals surface area (Å²) in [5.74, 6) is -1.78. The van der Waals surface area contributed by atoms with E-state index in [1.165, 1.54) is 22.7 Å². The first-order chi connectivity index (χ1) is 17.6. The van der Waals surface area contributed by atoms with Crippen LogP contribution in [0.1, 0.15) is 45.2 Å². The van der Waals surface area contributed by atoms with Gasteiger partial charge < -0.3 is 20.2 Å². The molecule has 0 bridgehead atoms. The molecule has 3 aliphatic heterocycles. The molecule has 1 amide bonds. The Labute approximate surface area is 229 Å². The monoisotopic (exact) mass is 566 g/mol. The molecule has 2 fully saturated rings. The summed E-state index contributed by atoms with van der Waals surface area (Å²) in [6, 6.07) is 4.31. The standard InChI is InChI=1S/C26H29Cl2FN4O3S/c1-4-32(26(9-10-26)24(35)36)23(34)22-20(13(2)3)33-21(14-5-7-16(27)17(29)11-14)19(31-25(33)37-22)15-6-8-18(28)30-12-15/h5-8,11,13,19,21,25,30-31H,4,9-10,12H2,1-3H3,(H,35,36). The maximum absolute atomic E-state index is 14.7. The van der Waals surface area contributed by atoms with Gasteiger partial charge in [0, 0.05) is 18.8 Å². The van der Waals surface area contributed by atoms with Crippen molar-refractivity contribution < 1.29 is 19.1 Å². The van der Waals surface area contributed by atoms with Crippen LogP contribution in [0.2, 0.25) is 5.02 Å². The maximum atomic E-state index is 14.7. The molecule has 11 heteroatoms. The third-order valence-electron chi connectivity index (χ3n) is 7.46. The summed E-state index contributed by atoms with van der Waals surface area (Å²) in [5.41, 5.74) is 1.19. The number of likely N-dealkylation sites (N-methyl/N-ethyl adjacent to an activating group) is 1. The van der Waals surface area contributed by atoms with E-state index in [1.807, 2.05) is 32.9 Å². The van der Waals surface area contributed by atoms with Gasteiger partial charge in [0.1, 0.15) is 22.0 Å². The Balaban J connectivity index is 1.59. The second kappa shape index (κ2) is 9.84. The highest BCUT2D eigenvalue weighted by Gasteiger charge is 2.58. The Morgan fingerprint density at radius 1 is 1.30 bits per heavy atom. The van der Waals surface area contributed by atoms with Crippen LogP contribution in [0.3, 0.4) is 0 Å². The second-order valence-electron chi connectivity index (χ2n) is 10.0. The number of carboxylic acid groups (broad SMARTS) is 1. The zero-order valence-electron chi connectivity index (χ0n) is 20.7. The van der Waals surface area contributed by atoms with Crippen LogP contribution in [-0.2, 0) is 9.59 Å². The molecule has 1 aromatic carbocycles. The van der Waals surface area contributed by atoms with Gasteiger partial charge in [0.15, 0.2) is 0 Å². The van der Waals surface area contributed by atoms with Gasteiger partial charge >= 0.3 is 5.97 Å². The van der Waals surface area contributed by atoms with Gasteiger partial charge in [0.25, 0.3) is 5.91 Å². The Hall–Kier alpha value is -2.20. The number of carbonyl (C=O) groups is 2. The molecular weight excluding hydrogens is 538 g/mol. The number of nitrogens with zero attached hydrogens (tertiary/aromatic N) is 2. The molecule has 0 spiro atoms. The SMILES string of the molecule is CCN(C(=O)C1=C(C(C)C)N2C(NC(C3=CC=C(Cl)NC3)C2c2ccc(Cl)c(F)c2)S1)C1(C(=O)O)CC1. The van der Waals surface area contributed by atoms with Crippen molar-refractivity contribution in [3.05, 3.63) is 68.1 Å². The van der Waals surface area contributed by atoms with Crippen LogP contribution >= 0.6 is 35.0 Å². The summed E-state index contributed by atoms with van der Waals surface area (Å²) in [7, 11) is 0. The number of thioether (sulfide) groups is 1. The number of carbonyl (C=O) groups excluding carboxylic acids is 1. The highest BCUT2D eigenvalue weighted by atomic mass is 35.5. The Morgan fingerprint density at radius 3 is 2.57 bits per heavy atom. The average Bonchev–Trinajstić information content (AvgIpc) is 3.45. The molecule has 7 nitrogen and oxygen atoms in total. The molecule has 3 unspecified atom stereocenters. The van der Waals surface area contributed by atoms with Crippen molar-refractivity contribution in [3.63, 3.8) is 0 Å². The lowest BCUT2D eigenvalue weighted by Crippen LogP contribution is -2.47. The number of hydrogen-bond donors (Lipinski definition) is 3. The molecule has 1 aromatic rings.